The van der Waals surface area contributed by atoms with Crippen molar-refractivity contribution in [2.24, 2.45) is 5.73 Å². The van der Waals surface area contributed by atoms with Crippen molar-refractivity contribution in [2.45, 2.75) is 0 Å². The Morgan fingerprint density at radius 2 is 1.71 bits per heavy atom. The quantitative estimate of drug-likeness (QED) is 0.851. The van der Waals surface area contributed by atoms with E-state index in [4.69, 9.17) is 27.4 Å². The van der Waals surface area contributed by atoms with Crippen molar-refractivity contribution in [1.29, 1.82) is 0 Å². The highest BCUT2D eigenvalue weighted by molar-refractivity contribution is 7.80. The molecule has 0 aromatic heterocycles. The lowest BCUT2D eigenvalue weighted by atomic mass is 10.1. The van der Waals surface area contributed by atoms with E-state index >= 15 is 0 Å². The molecule has 1 heterocycles. The molecule has 0 bridgehead atoms. The van der Waals surface area contributed by atoms with Crippen LogP contribution in [-0.4, -0.2) is 17.7 Å². The molecule has 2 aromatic carbocycles. The van der Waals surface area contributed by atoms with Gasteiger partial charge in [-0.15, -0.1) is 0 Å². The topological polar surface area (TPSA) is 73.6 Å². The first-order chi connectivity index (χ1) is 10.1. The van der Waals surface area contributed by atoms with E-state index in [1.807, 2.05) is 0 Å². The number of hydrogen-bond acceptors (Lipinski definition) is 4. The number of amides is 1. The maximum Gasteiger partial charge on any atom is 0.255 e. The van der Waals surface area contributed by atoms with E-state index in [0.29, 0.717) is 27.7 Å². The number of carbonyl (C=O) groups is 1. The van der Waals surface area contributed by atoms with Crippen LogP contribution in [0.4, 0.5) is 5.69 Å². The van der Waals surface area contributed by atoms with Gasteiger partial charge in [0, 0.05) is 22.9 Å². The molecule has 0 unspecified atom stereocenters. The van der Waals surface area contributed by atoms with Crippen molar-refractivity contribution in [3.8, 4) is 11.5 Å². The van der Waals surface area contributed by atoms with E-state index < -0.39 is 0 Å². The average molecular weight is 300 g/mol. The van der Waals surface area contributed by atoms with Gasteiger partial charge < -0.3 is 20.5 Å². The second-order valence-electron chi connectivity index (χ2n) is 4.46. The van der Waals surface area contributed by atoms with Gasteiger partial charge in [0.25, 0.3) is 5.91 Å². The van der Waals surface area contributed by atoms with E-state index in [9.17, 15) is 4.79 Å². The Bertz CT molecular complexity index is 713. The van der Waals surface area contributed by atoms with Crippen LogP contribution in [0.5, 0.6) is 11.5 Å². The van der Waals surface area contributed by atoms with E-state index in [0.717, 1.165) is 5.56 Å². The van der Waals surface area contributed by atoms with Gasteiger partial charge >= 0.3 is 0 Å². The van der Waals surface area contributed by atoms with Crippen molar-refractivity contribution in [2.75, 3.05) is 12.1 Å². The molecule has 106 valence electrons. The minimum absolute atomic E-state index is 0.202. The number of nitrogens with two attached hydrogens (primary N) is 1. The smallest absolute Gasteiger partial charge is 0.255 e. The number of rotatable bonds is 3. The summed E-state index contributed by atoms with van der Waals surface area (Å²) in [5.74, 6) is 1.08. The van der Waals surface area contributed by atoms with Gasteiger partial charge in [-0.1, -0.05) is 24.4 Å². The van der Waals surface area contributed by atoms with Crippen LogP contribution in [0.15, 0.2) is 42.5 Å². The molecular weight excluding hydrogens is 288 g/mol. The number of fused-ring (bicyclic) bond motifs is 1. The zero-order chi connectivity index (χ0) is 14.8. The monoisotopic (exact) mass is 300 g/mol. The minimum atomic E-state index is -0.219. The molecule has 0 radical (unpaired) electrons. The van der Waals surface area contributed by atoms with Gasteiger partial charge in [-0.05, 0) is 24.3 Å². The Labute approximate surface area is 126 Å². The minimum Gasteiger partial charge on any atom is -0.454 e. The molecule has 6 heteroatoms. The number of anilines is 1. The van der Waals surface area contributed by atoms with Gasteiger partial charge in [-0.25, -0.2) is 0 Å². The van der Waals surface area contributed by atoms with Crippen LogP contribution in [0, 0.1) is 0 Å². The molecule has 3 N–H and O–H groups in total. The third-order valence-electron chi connectivity index (χ3n) is 3.06. The van der Waals surface area contributed by atoms with Crippen LogP contribution in [0.2, 0.25) is 0 Å². The SMILES string of the molecule is NC(=S)c1ccc(C(=O)Nc2ccc3c(c2)OCO3)cc1. The first kappa shape index (κ1) is 13.4. The number of ether oxygens (including phenoxy) is 2. The van der Waals surface area contributed by atoms with Gasteiger partial charge in [0.05, 0.1) is 0 Å². The molecule has 1 amide bonds. The molecule has 1 aliphatic heterocycles. The molecule has 0 spiro atoms. The summed E-state index contributed by atoms with van der Waals surface area (Å²) in [6.45, 7) is 0.202. The molecule has 0 aliphatic carbocycles. The maximum absolute atomic E-state index is 12.1. The first-order valence-corrected chi connectivity index (χ1v) is 6.65. The second kappa shape index (κ2) is 5.41. The van der Waals surface area contributed by atoms with Crippen LogP contribution < -0.4 is 20.5 Å². The number of thiocarbonyl (C=S) groups is 1. The molecule has 21 heavy (non-hydrogen) atoms. The Morgan fingerprint density at radius 1 is 1.05 bits per heavy atom. The standard InChI is InChI=1S/C15H12N2O3S/c16-14(21)9-1-3-10(4-2-9)15(18)17-11-5-6-12-13(7-11)20-8-19-12/h1-7H,8H2,(H2,16,21)(H,17,18). The molecule has 5 nitrogen and oxygen atoms in total. The summed E-state index contributed by atoms with van der Waals surface area (Å²) in [5.41, 5.74) is 7.41. The first-order valence-electron chi connectivity index (χ1n) is 6.24. The highest BCUT2D eigenvalue weighted by Crippen LogP contribution is 2.34. The van der Waals surface area contributed by atoms with Crippen LogP contribution >= 0.6 is 12.2 Å². The summed E-state index contributed by atoms with van der Waals surface area (Å²) in [6.07, 6.45) is 0. The van der Waals surface area contributed by atoms with Crippen LogP contribution in [0.1, 0.15) is 15.9 Å². The largest absolute Gasteiger partial charge is 0.454 e. The van der Waals surface area contributed by atoms with Crippen LogP contribution in [-0.2, 0) is 0 Å². The summed E-state index contributed by atoms with van der Waals surface area (Å²) in [4.78, 5) is 12.5. The molecule has 0 saturated carbocycles. The Balaban J connectivity index is 1.75. The molecule has 0 atom stereocenters. The fraction of sp³-hybridized carbons (Fsp3) is 0.0667. The Hall–Kier alpha value is -2.60. The number of benzene rings is 2. The predicted molar refractivity (Wildman–Crippen MR) is 82.8 cm³/mol. The molecular formula is C15H12N2O3S. The van der Waals surface area contributed by atoms with Gasteiger partial charge in [0.2, 0.25) is 6.79 Å². The van der Waals surface area contributed by atoms with Crippen LogP contribution in [0.3, 0.4) is 0 Å². The number of nitrogens with one attached hydrogen (secondary N) is 1. The normalized spacial score (nSPS) is 12.0. The average Bonchev–Trinajstić information content (AvgIpc) is 2.95. The fourth-order valence-electron chi connectivity index (χ4n) is 1.96. The summed E-state index contributed by atoms with van der Waals surface area (Å²) >= 11 is 4.87. The van der Waals surface area contributed by atoms with Crippen LogP contribution in [0.25, 0.3) is 0 Å². The van der Waals surface area contributed by atoms with Gasteiger partial charge in [0.1, 0.15) is 4.99 Å². The number of carbonyl (C=O) groups excluding carboxylic acids is 1. The molecule has 2 aromatic rings. The zero-order valence-electron chi connectivity index (χ0n) is 11.0. The van der Waals surface area contributed by atoms with Crippen molar-refractivity contribution in [1.82, 2.24) is 0 Å². The van der Waals surface area contributed by atoms with E-state index in [1.165, 1.54) is 0 Å². The molecule has 3 rings (SSSR count). The van der Waals surface area contributed by atoms with E-state index in [2.05, 4.69) is 5.32 Å². The third kappa shape index (κ3) is 2.80. The van der Waals surface area contributed by atoms with Crippen molar-refractivity contribution >= 4 is 28.8 Å². The summed E-state index contributed by atoms with van der Waals surface area (Å²) in [6, 6.07) is 12.0. The molecule has 0 saturated heterocycles. The van der Waals surface area contributed by atoms with Crippen molar-refractivity contribution < 1.29 is 14.3 Å². The maximum atomic E-state index is 12.1. The lowest BCUT2D eigenvalue weighted by molar-refractivity contribution is 0.102. The van der Waals surface area contributed by atoms with Crippen molar-refractivity contribution in [3.05, 3.63) is 53.6 Å². The fourth-order valence-corrected chi connectivity index (χ4v) is 2.10. The highest BCUT2D eigenvalue weighted by Gasteiger charge is 2.14. The Kier molecular flexibility index (Phi) is 3.45. The lowest BCUT2D eigenvalue weighted by Gasteiger charge is -2.07. The summed E-state index contributed by atoms with van der Waals surface area (Å²) in [7, 11) is 0. The third-order valence-corrected chi connectivity index (χ3v) is 3.30. The van der Waals surface area contributed by atoms with E-state index in [-0.39, 0.29) is 12.7 Å². The molecule has 0 fully saturated rings. The molecule has 1 aliphatic rings. The number of hydrogen-bond donors (Lipinski definition) is 2. The summed E-state index contributed by atoms with van der Waals surface area (Å²) in [5, 5.41) is 2.80. The van der Waals surface area contributed by atoms with Gasteiger partial charge in [-0.2, -0.15) is 0 Å². The van der Waals surface area contributed by atoms with E-state index in [1.54, 1.807) is 42.5 Å². The predicted octanol–water partition coefficient (Wildman–Crippen LogP) is 2.30. The zero-order valence-corrected chi connectivity index (χ0v) is 11.8. The van der Waals surface area contributed by atoms with Crippen molar-refractivity contribution in [3.63, 3.8) is 0 Å². The van der Waals surface area contributed by atoms with Gasteiger partial charge in [-0.3, -0.25) is 4.79 Å². The summed E-state index contributed by atoms with van der Waals surface area (Å²) < 4.78 is 10.5. The lowest BCUT2D eigenvalue weighted by Crippen LogP contribution is -2.13. The Morgan fingerprint density at radius 3 is 2.43 bits per heavy atom. The van der Waals surface area contributed by atoms with Gasteiger partial charge in [0.15, 0.2) is 11.5 Å². The highest BCUT2D eigenvalue weighted by atomic mass is 32.1. The second-order valence-corrected chi connectivity index (χ2v) is 4.90.